The molecule has 2 aromatic carbocycles. The molecule has 3 rings (SSSR count). The van der Waals surface area contributed by atoms with Crippen LogP contribution in [0, 0.1) is 0 Å². The van der Waals surface area contributed by atoms with Crippen molar-refractivity contribution in [2.75, 3.05) is 20.3 Å². The lowest BCUT2D eigenvalue weighted by Gasteiger charge is -2.33. The molecule has 1 aliphatic heterocycles. The third-order valence-electron chi connectivity index (χ3n) is 7.92. The van der Waals surface area contributed by atoms with E-state index >= 15 is 0 Å². The molecule has 1 aliphatic rings. The summed E-state index contributed by atoms with van der Waals surface area (Å²) in [4.78, 5) is 27.4. The zero-order valence-electron chi connectivity index (χ0n) is 27.3. The molecule has 1 unspecified atom stereocenters. The molecule has 2 aromatic rings. The number of methoxy groups -OCH3 is 1. The maximum atomic E-state index is 13.7. The molecule has 3 amide bonds. The van der Waals surface area contributed by atoms with Gasteiger partial charge in [-0.3, -0.25) is 9.69 Å². The third-order valence-corrected chi connectivity index (χ3v) is 7.92. The summed E-state index contributed by atoms with van der Waals surface area (Å²) < 4.78 is 99.0. The molecular weight excluding hydrogens is 634 g/mol. The average molecular weight is 677 g/mol. The van der Waals surface area contributed by atoms with E-state index in [4.69, 9.17) is 14.2 Å². The molecular formula is C33H42F6N2O6. The van der Waals surface area contributed by atoms with Gasteiger partial charge in [-0.05, 0) is 87.4 Å². The first kappa shape index (κ1) is 37.8. The van der Waals surface area contributed by atoms with Crippen LogP contribution in [0.15, 0.2) is 30.3 Å². The quantitative estimate of drug-likeness (QED) is 0.117. The Morgan fingerprint density at radius 3 is 1.98 bits per heavy atom. The van der Waals surface area contributed by atoms with Crippen LogP contribution in [0.1, 0.15) is 82.6 Å². The van der Waals surface area contributed by atoms with Gasteiger partial charge in [0.1, 0.15) is 11.3 Å². The van der Waals surface area contributed by atoms with Gasteiger partial charge in [0.25, 0.3) is 11.5 Å². The van der Waals surface area contributed by atoms with Crippen LogP contribution in [0.5, 0.6) is 17.2 Å². The fraction of sp³-hybridized carbons (Fsp3) is 0.576. The molecule has 1 saturated heterocycles. The number of urea groups is 1. The second-order valence-electron chi connectivity index (χ2n) is 11.9. The number of ether oxygens (including phenoxy) is 3. The zero-order chi connectivity index (χ0) is 35.4. The number of nitrogens with one attached hydrogen (secondary N) is 1. The summed E-state index contributed by atoms with van der Waals surface area (Å²) in [7, 11) is 1.47. The maximum absolute atomic E-state index is 13.7. The van der Waals surface area contributed by atoms with Crippen molar-refractivity contribution in [2.24, 2.45) is 0 Å². The van der Waals surface area contributed by atoms with E-state index in [2.05, 4.69) is 5.32 Å². The number of aliphatic hydroxyl groups is 1. The summed E-state index contributed by atoms with van der Waals surface area (Å²) in [6, 6.07) is 5.80. The van der Waals surface area contributed by atoms with E-state index in [1.54, 1.807) is 39.0 Å². The Bertz CT molecular complexity index is 1390. The van der Waals surface area contributed by atoms with Gasteiger partial charge in [0.15, 0.2) is 11.5 Å². The van der Waals surface area contributed by atoms with Crippen molar-refractivity contribution < 1.29 is 55.2 Å². The van der Waals surface area contributed by atoms with Gasteiger partial charge in [0.2, 0.25) is 0 Å². The number of unbranched alkanes of at least 4 members (excludes halogenated alkanes) is 1. The zero-order valence-corrected chi connectivity index (χ0v) is 27.3. The van der Waals surface area contributed by atoms with Crippen LogP contribution >= 0.6 is 0 Å². The summed E-state index contributed by atoms with van der Waals surface area (Å²) in [5, 5.41) is 12.8. The maximum Gasteiger partial charge on any atom is 0.430 e. The SMILES string of the molecule is CCCc1cc(C(O)(C(F)(F)F)C(F)(F)F)cc(CCC)c1OCCCCN1C(=O)NC(C)(c2ccc(OC(C)C)c(OC)c2)C1=O. The van der Waals surface area contributed by atoms with E-state index in [-0.39, 0.29) is 49.0 Å². The first-order valence-electron chi connectivity index (χ1n) is 15.5. The molecule has 1 heterocycles. The molecule has 0 aromatic heterocycles. The highest BCUT2D eigenvalue weighted by Gasteiger charge is 2.71. The minimum absolute atomic E-state index is 0.0189. The topological polar surface area (TPSA) is 97.3 Å². The molecule has 262 valence electrons. The van der Waals surface area contributed by atoms with Gasteiger partial charge in [0.05, 0.1) is 19.8 Å². The number of carbonyl (C=O) groups is 2. The van der Waals surface area contributed by atoms with Gasteiger partial charge in [-0.15, -0.1) is 0 Å². The molecule has 14 heteroatoms. The van der Waals surface area contributed by atoms with E-state index in [0.717, 1.165) is 4.90 Å². The Kier molecular flexibility index (Phi) is 11.7. The number of hydrogen-bond donors (Lipinski definition) is 2. The predicted molar refractivity (Wildman–Crippen MR) is 162 cm³/mol. The normalized spacial score (nSPS) is 17.4. The monoisotopic (exact) mass is 676 g/mol. The molecule has 2 N–H and O–H groups in total. The third kappa shape index (κ3) is 7.73. The average Bonchev–Trinajstić information content (AvgIpc) is 3.19. The molecule has 0 aliphatic carbocycles. The van der Waals surface area contributed by atoms with Crippen LogP contribution < -0.4 is 19.5 Å². The summed E-state index contributed by atoms with van der Waals surface area (Å²) in [6.07, 6.45) is -10.5. The molecule has 1 atom stereocenters. The number of carbonyl (C=O) groups excluding carboxylic acids is 2. The van der Waals surface area contributed by atoms with Crippen molar-refractivity contribution in [1.29, 1.82) is 0 Å². The van der Waals surface area contributed by atoms with Crippen molar-refractivity contribution in [3.8, 4) is 17.2 Å². The second kappa shape index (κ2) is 14.6. The first-order chi connectivity index (χ1) is 21.8. The highest BCUT2D eigenvalue weighted by Crippen LogP contribution is 2.51. The minimum atomic E-state index is -6.01. The lowest BCUT2D eigenvalue weighted by atomic mass is 9.87. The summed E-state index contributed by atoms with van der Waals surface area (Å²) >= 11 is 0. The van der Waals surface area contributed by atoms with E-state index in [1.165, 1.54) is 7.11 Å². The van der Waals surface area contributed by atoms with Gasteiger partial charge in [0, 0.05) is 12.1 Å². The highest BCUT2D eigenvalue weighted by atomic mass is 19.4. The van der Waals surface area contributed by atoms with Crippen LogP contribution in [0.4, 0.5) is 31.1 Å². The van der Waals surface area contributed by atoms with Crippen LogP contribution in [-0.4, -0.2) is 60.7 Å². The van der Waals surface area contributed by atoms with E-state index < -0.39 is 41.0 Å². The number of nitrogens with zero attached hydrogens (tertiary/aromatic N) is 1. The van der Waals surface area contributed by atoms with Gasteiger partial charge in [-0.2, -0.15) is 26.3 Å². The standard InChI is InChI=1S/C33H42F6N2O6/c1-7-11-21-17-24(31(44,32(34,35)36)33(37,38)39)18-22(12-8-2)27(21)46-16-10-9-15-41-28(42)30(5,40-29(41)43)23-13-14-25(47-20(3)4)26(19-23)45-6/h13-14,17-20,44H,7-12,15-16H2,1-6H3,(H,40,43). The van der Waals surface area contributed by atoms with Crippen molar-refractivity contribution >= 4 is 11.9 Å². The van der Waals surface area contributed by atoms with Crippen LogP contribution in [-0.2, 0) is 28.8 Å². The molecule has 0 radical (unpaired) electrons. The molecule has 0 bridgehead atoms. The lowest BCUT2D eigenvalue weighted by Crippen LogP contribution is -2.54. The van der Waals surface area contributed by atoms with Crippen molar-refractivity contribution in [3.63, 3.8) is 0 Å². The van der Waals surface area contributed by atoms with Crippen LogP contribution in [0.2, 0.25) is 0 Å². The number of alkyl halides is 6. The van der Waals surface area contributed by atoms with Crippen molar-refractivity contribution in [3.05, 3.63) is 52.6 Å². The number of halogens is 6. The Morgan fingerprint density at radius 2 is 1.49 bits per heavy atom. The smallest absolute Gasteiger partial charge is 0.430 e. The molecule has 8 nitrogen and oxygen atoms in total. The Labute approximate surface area is 270 Å². The number of amides is 3. The van der Waals surface area contributed by atoms with E-state index in [9.17, 15) is 41.0 Å². The first-order valence-corrected chi connectivity index (χ1v) is 15.5. The van der Waals surface area contributed by atoms with Crippen molar-refractivity contribution in [1.82, 2.24) is 10.2 Å². The largest absolute Gasteiger partial charge is 0.493 e. The minimum Gasteiger partial charge on any atom is -0.493 e. The highest BCUT2D eigenvalue weighted by molar-refractivity contribution is 6.07. The molecule has 0 spiro atoms. The number of imide groups is 1. The predicted octanol–water partition coefficient (Wildman–Crippen LogP) is 7.33. The summed E-state index contributed by atoms with van der Waals surface area (Å²) in [6.45, 7) is 8.79. The van der Waals surface area contributed by atoms with E-state index in [0.29, 0.717) is 54.9 Å². The van der Waals surface area contributed by atoms with Crippen LogP contribution in [0.25, 0.3) is 0 Å². The summed E-state index contributed by atoms with van der Waals surface area (Å²) in [5.74, 6) is 0.578. The number of rotatable bonds is 15. The lowest BCUT2D eigenvalue weighted by molar-refractivity contribution is -0.376. The molecule has 1 fully saturated rings. The van der Waals surface area contributed by atoms with Gasteiger partial charge < -0.3 is 24.6 Å². The second-order valence-corrected chi connectivity index (χ2v) is 11.9. The van der Waals surface area contributed by atoms with Gasteiger partial charge in [-0.25, -0.2) is 4.79 Å². The Hall–Kier alpha value is -3.68. The Morgan fingerprint density at radius 1 is 0.915 bits per heavy atom. The molecule has 0 saturated carbocycles. The number of hydrogen-bond acceptors (Lipinski definition) is 6. The fourth-order valence-electron chi connectivity index (χ4n) is 5.52. The summed E-state index contributed by atoms with van der Waals surface area (Å²) in [5.41, 5.74) is -6.99. The number of aryl methyl sites for hydroxylation is 2. The van der Waals surface area contributed by atoms with Gasteiger partial charge >= 0.3 is 18.4 Å². The van der Waals surface area contributed by atoms with Gasteiger partial charge in [-0.1, -0.05) is 32.8 Å². The van der Waals surface area contributed by atoms with Crippen molar-refractivity contribution in [2.45, 2.75) is 103 Å². The number of benzene rings is 2. The fourth-order valence-corrected chi connectivity index (χ4v) is 5.52. The van der Waals surface area contributed by atoms with E-state index in [1.807, 2.05) is 13.8 Å². The molecule has 47 heavy (non-hydrogen) atoms. The Balaban J connectivity index is 1.75. The van der Waals surface area contributed by atoms with Crippen LogP contribution in [0.3, 0.4) is 0 Å².